The summed E-state index contributed by atoms with van der Waals surface area (Å²) in [5, 5.41) is 10.2. The van der Waals surface area contributed by atoms with Crippen molar-refractivity contribution in [3.05, 3.63) is 82.8 Å². The number of ether oxygens (including phenoxy) is 2. The third-order valence-electron chi connectivity index (χ3n) is 4.41. The molecule has 2 aromatic rings. The Labute approximate surface area is 176 Å². The van der Waals surface area contributed by atoms with Crippen LogP contribution in [0.5, 0.6) is 5.75 Å². The molecule has 0 saturated carbocycles. The second kappa shape index (κ2) is 11.2. The van der Waals surface area contributed by atoms with E-state index in [1.807, 2.05) is 18.2 Å². The number of hydrogen-bond donors (Lipinski definition) is 2. The van der Waals surface area contributed by atoms with E-state index in [1.165, 1.54) is 0 Å². The molecule has 3 N–H and O–H groups in total. The fraction of sp³-hybridized carbons (Fsp3) is 0.292. The van der Waals surface area contributed by atoms with Gasteiger partial charge in [-0.05, 0) is 50.1 Å². The van der Waals surface area contributed by atoms with Crippen LogP contribution in [0, 0.1) is 0 Å². The third kappa shape index (κ3) is 6.46. The lowest BCUT2D eigenvalue weighted by atomic mass is 9.99. The predicted molar refractivity (Wildman–Crippen MR) is 116 cm³/mol. The molecule has 0 aromatic heterocycles. The van der Waals surface area contributed by atoms with Gasteiger partial charge in [0.15, 0.2) is 0 Å². The molecule has 0 saturated heterocycles. The largest absolute Gasteiger partial charge is 0.512 e. The van der Waals surface area contributed by atoms with Crippen LogP contribution >= 0.6 is 0 Å². The van der Waals surface area contributed by atoms with E-state index in [4.69, 9.17) is 15.2 Å². The molecule has 5 nitrogen and oxygen atoms in total. The maximum atomic E-state index is 12.9. The van der Waals surface area contributed by atoms with Crippen molar-refractivity contribution in [2.45, 2.75) is 33.2 Å². The molecule has 2 rings (SSSR count). The van der Waals surface area contributed by atoms with Crippen LogP contribution in [-0.4, -0.2) is 24.4 Å². The summed E-state index contributed by atoms with van der Waals surface area (Å²) in [7, 11) is 0. The van der Waals surface area contributed by atoms with Crippen LogP contribution in [0.3, 0.4) is 0 Å². The van der Waals surface area contributed by atoms with Gasteiger partial charge >= 0.3 is 5.97 Å². The van der Waals surface area contributed by atoms with E-state index < -0.39 is 12.7 Å². The van der Waals surface area contributed by atoms with Crippen molar-refractivity contribution in [3.8, 4) is 5.75 Å². The Kier molecular flexibility index (Phi) is 8.62. The minimum absolute atomic E-state index is 0.0868. The first-order valence-corrected chi connectivity index (χ1v) is 9.77. The molecule has 0 bridgehead atoms. The van der Waals surface area contributed by atoms with Crippen molar-refractivity contribution in [2.24, 2.45) is 5.73 Å². The second-order valence-electron chi connectivity index (χ2n) is 6.83. The van der Waals surface area contributed by atoms with Gasteiger partial charge in [-0.15, -0.1) is 0 Å². The van der Waals surface area contributed by atoms with Gasteiger partial charge in [0.1, 0.15) is 18.2 Å². The van der Waals surface area contributed by atoms with Crippen LogP contribution in [0.1, 0.15) is 43.5 Å². The zero-order chi connectivity index (χ0) is 22.1. The van der Waals surface area contributed by atoms with Gasteiger partial charge < -0.3 is 20.3 Å². The molecule has 160 valence electrons. The number of para-hydroxylation sites is 1. The molecule has 2 aromatic carbocycles. The molecule has 30 heavy (non-hydrogen) atoms. The Morgan fingerprint density at radius 3 is 2.60 bits per heavy atom. The predicted octanol–water partition coefficient (Wildman–Crippen LogP) is 5.03. The van der Waals surface area contributed by atoms with Crippen LogP contribution in [-0.2, 0) is 16.0 Å². The molecule has 1 atom stereocenters. The van der Waals surface area contributed by atoms with E-state index in [1.54, 1.807) is 57.2 Å². The third-order valence-corrected chi connectivity index (χ3v) is 4.41. The molecule has 0 aliphatic rings. The maximum absolute atomic E-state index is 12.9. The molecule has 0 radical (unpaired) electrons. The van der Waals surface area contributed by atoms with E-state index in [2.05, 4.69) is 0 Å². The highest BCUT2D eigenvalue weighted by Gasteiger charge is 2.12. The van der Waals surface area contributed by atoms with Crippen molar-refractivity contribution in [1.29, 1.82) is 0 Å². The van der Waals surface area contributed by atoms with E-state index in [9.17, 15) is 14.3 Å². The average Bonchev–Trinajstić information content (AvgIpc) is 2.73. The molecule has 0 fully saturated rings. The van der Waals surface area contributed by atoms with Crippen molar-refractivity contribution >= 4 is 11.5 Å². The summed E-state index contributed by atoms with van der Waals surface area (Å²) >= 11 is 0. The van der Waals surface area contributed by atoms with Crippen molar-refractivity contribution in [1.82, 2.24) is 0 Å². The number of rotatable bonds is 9. The van der Waals surface area contributed by atoms with Gasteiger partial charge in [0, 0.05) is 11.1 Å². The first-order valence-electron chi connectivity index (χ1n) is 9.77. The minimum Gasteiger partial charge on any atom is -0.512 e. The summed E-state index contributed by atoms with van der Waals surface area (Å²) in [4.78, 5) is 11.8. The van der Waals surface area contributed by atoms with Gasteiger partial charge in [-0.3, -0.25) is 4.79 Å². The first kappa shape index (κ1) is 23.2. The number of alkyl halides is 1. The van der Waals surface area contributed by atoms with Crippen LogP contribution in [0.2, 0.25) is 0 Å². The Morgan fingerprint density at radius 2 is 1.93 bits per heavy atom. The summed E-state index contributed by atoms with van der Waals surface area (Å²) in [6.45, 7) is 4.72. The van der Waals surface area contributed by atoms with Gasteiger partial charge in [0.2, 0.25) is 0 Å². The molecule has 0 aliphatic heterocycles. The molecule has 0 heterocycles. The van der Waals surface area contributed by atoms with Gasteiger partial charge in [0.25, 0.3) is 0 Å². The number of nitrogens with two attached hydrogens (primary N) is 1. The fourth-order valence-corrected chi connectivity index (χ4v) is 2.95. The number of hydrogen-bond acceptors (Lipinski definition) is 5. The quantitative estimate of drug-likeness (QED) is 0.342. The monoisotopic (exact) mass is 413 g/mol. The van der Waals surface area contributed by atoms with Gasteiger partial charge in [-0.1, -0.05) is 36.4 Å². The minimum atomic E-state index is -0.721. The standard InChI is InChI=1S/C24H28FNO4/c1-4-29-24(28)14-20-8-5-6-11-23(20)30-16(2)12-21(17(3)27)18-9-7-10-19(13-18)22(26)15-25/h5-13,22,27H,4,14-15,26H2,1-3H3/b16-12+,21-17-. The number of halogens is 1. The number of aliphatic hydroxyl groups is 1. The van der Waals surface area contributed by atoms with E-state index in [0.717, 1.165) is 0 Å². The van der Waals surface area contributed by atoms with Crippen molar-refractivity contribution in [2.75, 3.05) is 13.3 Å². The molecular formula is C24H28FNO4. The normalized spacial score (nSPS) is 13.4. The number of allylic oxidation sites excluding steroid dienone is 4. The Hall–Kier alpha value is -3.12. The first-order chi connectivity index (χ1) is 14.3. The lowest BCUT2D eigenvalue weighted by Crippen LogP contribution is -2.12. The van der Waals surface area contributed by atoms with Crippen LogP contribution in [0.4, 0.5) is 4.39 Å². The Bertz CT molecular complexity index is 932. The summed E-state index contributed by atoms with van der Waals surface area (Å²) in [5.41, 5.74) is 8.35. The number of benzene rings is 2. The number of aliphatic hydroxyl groups excluding tert-OH is 1. The number of esters is 1. The number of carbonyl (C=O) groups excluding carboxylic acids is 1. The van der Waals surface area contributed by atoms with Crippen molar-refractivity contribution in [3.63, 3.8) is 0 Å². The van der Waals surface area contributed by atoms with Crippen molar-refractivity contribution < 1.29 is 23.8 Å². The highest BCUT2D eigenvalue weighted by atomic mass is 19.1. The summed E-state index contributed by atoms with van der Waals surface area (Å²) in [5.74, 6) is 0.795. The lowest BCUT2D eigenvalue weighted by molar-refractivity contribution is -0.142. The lowest BCUT2D eigenvalue weighted by Gasteiger charge is -2.14. The Balaban J connectivity index is 2.29. The fourth-order valence-electron chi connectivity index (χ4n) is 2.95. The highest BCUT2D eigenvalue weighted by Crippen LogP contribution is 2.26. The number of carbonyl (C=O) groups is 1. The molecule has 0 spiro atoms. The molecule has 1 unspecified atom stereocenters. The topological polar surface area (TPSA) is 81.8 Å². The summed E-state index contributed by atoms with van der Waals surface area (Å²) in [6.07, 6.45) is 1.79. The van der Waals surface area contributed by atoms with Gasteiger partial charge in [0.05, 0.1) is 24.8 Å². The van der Waals surface area contributed by atoms with Crippen LogP contribution in [0.15, 0.2) is 66.1 Å². The van der Waals surface area contributed by atoms with E-state index in [0.29, 0.717) is 40.4 Å². The Morgan fingerprint density at radius 1 is 1.20 bits per heavy atom. The zero-order valence-electron chi connectivity index (χ0n) is 17.5. The van der Waals surface area contributed by atoms with E-state index in [-0.39, 0.29) is 18.1 Å². The van der Waals surface area contributed by atoms with Gasteiger partial charge in [-0.25, -0.2) is 4.39 Å². The van der Waals surface area contributed by atoms with Crippen LogP contribution in [0.25, 0.3) is 5.57 Å². The molecule has 6 heteroatoms. The van der Waals surface area contributed by atoms with Crippen LogP contribution < -0.4 is 10.5 Å². The molecule has 0 aliphatic carbocycles. The SMILES string of the molecule is CCOC(=O)Cc1ccccc1O/C(C)=C/C(=C(\C)O)c1cccc(C(N)CF)c1. The van der Waals surface area contributed by atoms with Gasteiger partial charge in [-0.2, -0.15) is 0 Å². The average molecular weight is 413 g/mol. The molecule has 0 amide bonds. The second-order valence-corrected chi connectivity index (χ2v) is 6.83. The maximum Gasteiger partial charge on any atom is 0.310 e. The van der Waals surface area contributed by atoms with E-state index >= 15 is 0 Å². The molecular weight excluding hydrogens is 385 g/mol. The summed E-state index contributed by atoms with van der Waals surface area (Å²) < 4.78 is 23.9. The smallest absolute Gasteiger partial charge is 0.310 e. The zero-order valence-corrected chi connectivity index (χ0v) is 17.5. The highest BCUT2D eigenvalue weighted by molar-refractivity contribution is 5.76. The summed E-state index contributed by atoms with van der Waals surface area (Å²) in [6, 6.07) is 13.5.